The van der Waals surface area contributed by atoms with E-state index in [1.165, 1.54) is 18.9 Å². The molecule has 17 heavy (non-hydrogen) atoms. The molecule has 0 radical (unpaired) electrons. The highest BCUT2D eigenvalue weighted by Crippen LogP contribution is 2.30. The molecule has 2 nitrogen and oxygen atoms in total. The standard InChI is InChI=1S/C13H13BrFNO/c1-7-9-4-10(14)11(15)5-12(9)17-13(7)6-16-8-2-3-8/h4-5,8,16H,2-3,6H2,1H3. The highest BCUT2D eigenvalue weighted by atomic mass is 79.9. The lowest BCUT2D eigenvalue weighted by molar-refractivity contribution is 0.507. The summed E-state index contributed by atoms with van der Waals surface area (Å²) in [5.74, 6) is 0.623. The van der Waals surface area contributed by atoms with Crippen molar-refractivity contribution in [3.8, 4) is 0 Å². The Morgan fingerprint density at radius 3 is 2.94 bits per heavy atom. The van der Waals surface area contributed by atoms with E-state index < -0.39 is 0 Å². The molecule has 2 aromatic rings. The minimum atomic E-state index is -0.284. The monoisotopic (exact) mass is 297 g/mol. The van der Waals surface area contributed by atoms with Crippen molar-refractivity contribution < 1.29 is 8.81 Å². The van der Waals surface area contributed by atoms with Gasteiger partial charge in [0.15, 0.2) is 0 Å². The molecule has 1 saturated carbocycles. The van der Waals surface area contributed by atoms with Crippen molar-refractivity contribution in [1.82, 2.24) is 5.32 Å². The molecule has 0 unspecified atom stereocenters. The Kier molecular flexibility index (Phi) is 2.71. The van der Waals surface area contributed by atoms with E-state index in [4.69, 9.17) is 4.42 Å². The normalized spacial score (nSPS) is 15.7. The van der Waals surface area contributed by atoms with Gasteiger partial charge in [-0.1, -0.05) is 0 Å². The van der Waals surface area contributed by atoms with Crippen molar-refractivity contribution in [2.24, 2.45) is 0 Å². The Labute approximate surface area is 107 Å². The average molecular weight is 298 g/mol. The van der Waals surface area contributed by atoms with Gasteiger partial charge in [-0.15, -0.1) is 0 Å². The summed E-state index contributed by atoms with van der Waals surface area (Å²) in [7, 11) is 0. The van der Waals surface area contributed by atoms with Crippen LogP contribution in [-0.2, 0) is 6.54 Å². The van der Waals surface area contributed by atoms with E-state index in [0.717, 1.165) is 23.3 Å². The lowest BCUT2D eigenvalue weighted by Crippen LogP contribution is -2.15. The molecule has 0 amide bonds. The number of halogens is 2. The van der Waals surface area contributed by atoms with Gasteiger partial charge in [0.2, 0.25) is 0 Å². The molecule has 1 N–H and O–H groups in total. The molecule has 1 fully saturated rings. The largest absolute Gasteiger partial charge is 0.459 e. The number of aryl methyl sites for hydroxylation is 1. The molecule has 90 valence electrons. The summed E-state index contributed by atoms with van der Waals surface area (Å²) in [5, 5.41) is 4.38. The summed E-state index contributed by atoms with van der Waals surface area (Å²) in [6.45, 7) is 2.74. The molecule has 1 aliphatic rings. The lowest BCUT2D eigenvalue weighted by atomic mass is 10.1. The molecule has 0 atom stereocenters. The minimum absolute atomic E-state index is 0.284. The van der Waals surface area contributed by atoms with Crippen molar-refractivity contribution in [2.75, 3.05) is 0 Å². The first-order chi connectivity index (χ1) is 8.15. The molecule has 0 aliphatic heterocycles. The Balaban J connectivity index is 1.98. The summed E-state index contributed by atoms with van der Waals surface area (Å²) in [6.07, 6.45) is 2.50. The van der Waals surface area contributed by atoms with Crippen LogP contribution in [0, 0.1) is 12.7 Å². The summed E-state index contributed by atoms with van der Waals surface area (Å²) < 4.78 is 19.6. The molecular formula is C13H13BrFNO. The van der Waals surface area contributed by atoms with Gasteiger partial charge in [0.25, 0.3) is 0 Å². The van der Waals surface area contributed by atoms with Crippen LogP contribution < -0.4 is 5.32 Å². The van der Waals surface area contributed by atoms with Gasteiger partial charge in [-0.3, -0.25) is 0 Å². The average Bonchev–Trinajstić information content (AvgIpc) is 3.07. The van der Waals surface area contributed by atoms with E-state index in [2.05, 4.69) is 21.2 Å². The molecule has 1 aromatic heterocycles. The second kappa shape index (κ2) is 4.10. The van der Waals surface area contributed by atoms with Crippen molar-refractivity contribution >= 4 is 26.9 Å². The summed E-state index contributed by atoms with van der Waals surface area (Å²) in [5.41, 5.74) is 1.71. The fourth-order valence-corrected chi connectivity index (χ4v) is 2.30. The predicted octanol–water partition coefficient (Wildman–Crippen LogP) is 3.89. The van der Waals surface area contributed by atoms with Gasteiger partial charge >= 0.3 is 0 Å². The minimum Gasteiger partial charge on any atom is -0.459 e. The van der Waals surface area contributed by atoms with Crippen LogP contribution in [0.2, 0.25) is 0 Å². The quantitative estimate of drug-likeness (QED) is 0.930. The zero-order valence-corrected chi connectivity index (χ0v) is 11.1. The highest BCUT2D eigenvalue weighted by molar-refractivity contribution is 9.10. The molecule has 3 rings (SSSR count). The molecular weight excluding hydrogens is 285 g/mol. The van der Waals surface area contributed by atoms with Gasteiger partial charge in [-0.2, -0.15) is 0 Å². The third-order valence-corrected chi connectivity index (χ3v) is 3.81. The second-order valence-electron chi connectivity index (χ2n) is 4.57. The van der Waals surface area contributed by atoms with Crippen LogP contribution in [0.1, 0.15) is 24.2 Å². The third-order valence-electron chi connectivity index (χ3n) is 3.21. The van der Waals surface area contributed by atoms with Crippen LogP contribution in [0.3, 0.4) is 0 Å². The van der Waals surface area contributed by atoms with Crippen molar-refractivity contribution in [2.45, 2.75) is 32.4 Å². The molecule has 0 saturated heterocycles. The van der Waals surface area contributed by atoms with E-state index in [0.29, 0.717) is 16.1 Å². The SMILES string of the molecule is Cc1c(CNC2CC2)oc2cc(F)c(Br)cc12. The number of furan rings is 1. The summed E-state index contributed by atoms with van der Waals surface area (Å²) in [4.78, 5) is 0. The van der Waals surface area contributed by atoms with E-state index >= 15 is 0 Å². The zero-order valence-electron chi connectivity index (χ0n) is 9.52. The number of fused-ring (bicyclic) bond motifs is 1. The second-order valence-corrected chi connectivity index (χ2v) is 5.42. The molecule has 0 bridgehead atoms. The van der Waals surface area contributed by atoms with Crippen LogP contribution >= 0.6 is 15.9 Å². The van der Waals surface area contributed by atoms with E-state index in [1.54, 1.807) is 6.07 Å². The topological polar surface area (TPSA) is 25.2 Å². The first kappa shape index (κ1) is 11.2. The fraction of sp³-hybridized carbons (Fsp3) is 0.385. The summed E-state index contributed by atoms with van der Waals surface area (Å²) in [6, 6.07) is 3.86. The van der Waals surface area contributed by atoms with Gasteiger partial charge in [0, 0.05) is 17.5 Å². The van der Waals surface area contributed by atoms with Gasteiger partial charge in [0.1, 0.15) is 17.2 Å². The maximum Gasteiger partial charge on any atom is 0.141 e. The van der Waals surface area contributed by atoms with Gasteiger partial charge in [-0.05, 0) is 47.3 Å². The maximum absolute atomic E-state index is 13.4. The Bertz CT molecular complexity index is 574. The van der Waals surface area contributed by atoms with Crippen LogP contribution in [0.4, 0.5) is 4.39 Å². The van der Waals surface area contributed by atoms with Gasteiger partial charge in [0.05, 0.1) is 11.0 Å². The van der Waals surface area contributed by atoms with Crippen molar-refractivity contribution in [1.29, 1.82) is 0 Å². The van der Waals surface area contributed by atoms with Gasteiger partial charge < -0.3 is 9.73 Å². The number of rotatable bonds is 3. The Morgan fingerprint density at radius 1 is 1.47 bits per heavy atom. The van der Waals surface area contributed by atoms with E-state index in [9.17, 15) is 4.39 Å². The fourth-order valence-electron chi connectivity index (χ4n) is 1.96. The van der Waals surface area contributed by atoms with Crippen molar-refractivity contribution in [3.63, 3.8) is 0 Å². The smallest absolute Gasteiger partial charge is 0.141 e. The Morgan fingerprint density at radius 2 is 2.24 bits per heavy atom. The molecule has 0 spiro atoms. The van der Waals surface area contributed by atoms with E-state index in [-0.39, 0.29) is 5.82 Å². The number of nitrogens with one attached hydrogen (secondary N) is 1. The molecule has 1 aromatic carbocycles. The maximum atomic E-state index is 13.4. The lowest BCUT2D eigenvalue weighted by Gasteiger charge is -1.99. The van der Waals surface area contributed by atoms with Crippen molar-refractivity contribution in [3.05, 3.63) is 33.7 Å². The first-order valence-corrected chi connectivity index (χ1v) is 6.55. The first-order valence-electron chi connectivity index (χ1n) is 5.75. The molecule has 1 heterocycles. The van der Waals surface area contributed by atoms with Gasteiger partial charge in [-0.25, -0.2) is 4.39 Å². The number of hydrogen-bond donors (Lipinski definition) is 1. The molecule has 4 heteroatoms. The number of hydrogen-bond acceptors (Lipinski definition) is 2. The molecule has 1 aliphatic carbocycles. The van der Waals surface area contributed by atoms with Crippen LogP contribution in [0.5, 0.6) is 0 Å². The number of benzene rings is 1. The van der Waals surface area contributed by atoms with Crippen LogP contribution in [0.15, 0.2) is 21.0 Å². The summed E-state index contributed by atoms with van der Waals surface area (Å²) >= 11 is 3.20. The van der Waals surface area contributed by atoms with E-state index in [1.807, 2.05) is 6.92 Å². The third kappa shape index (κ3) is 2.11. The predicted molar refractivity (Wildman–Crippen MR) is 68.5 cm³/mol. The van der Waals surface area contributed by atoms with Crippen LogP contribution in [0.25, 0.3) is 11.0 Å². The van der Waals surface area contributed by atoms with Crippen LogP contribution in [-0.4, -0.2) is 6.04 Å². The zero-order chi connectivity index (χ0) is 12.0. The Hall–Kier alpha value is -0.870. The highest BCUT2D eigenvalue weighted by Gasteiger charge is 2.21.